The second-order valence-corrected chi connectivity index (χ2v) is 5.76. The molecule has 2 fully saturated rings. The molecule has 3 nitrogen and oxygen atoms in total. The SMILES string of the molecule is CN1CCCC(CN(C)CCNC2CC2)C1. The number of likely N-dealkylation sites (tertiary alicyclic amines) is 1. The van der Waals surface area contributed by atoms with E-state index in [1.807, 2.05) is 0 Å². The Morgan fingerprint density at radius 1 is 1.31 bits per heavy atom. The van der Waals surface area contributed by atoms with Crippen molar-refractivity contribution in [3.63, 3.8) is 0 Å². The Hall–Kier alpha value is -0.120. The van der Waals surface area contributed by atoms with Crippen molar-refractivity contribution in [3.05, 3.63) is 0 Å². The van der Waals surface area contributed by atoms with Crippen LogP contribution in [0.15, 0.2) is 0 Å². The van der Waals surface area contributed by atoms with E-state index >= 15 is 0 Å². The van der Waals surface area contributed by atoms with E-state index < -0.39 is 0 Å². The van der Waals surface area contributed by atoms with Crippen LogP contribution in [-0.4, -0.2) is 62.7 Å². The maximum atomic E-state index is 3.58. The Kier molecular flexibility index (Phi) is 4.62. The van der Waals surface area contributed by atoms with Crippen molar-refractivity contribution in [2.45, 2.75) is 31.7 Å². The molecule has 0 radical (unpaired) electrons. The minimum Gasteiger partial charge on any atom is -0.313 e. The van der Waals surface area contributed by atoms with Gasteiger partial charge in [-0.25, -0.2) is 0 Å². The van der Waals surface area contributed by atoms with Crippen molar-refractivity contribution in [3.8, 4) is 0 Å². The molecule has 0 aromatic rings. The lowest BCUT2D eigenvalue weighted by atomic mass is 9.98. The summed E-state index contributed by atoms with van der Waals surface area (Å²) in [7, 11) is 4.52. The standard InChI is InChI=1S/C13H27N3/c1-15-8-3-4-12(10-15)11-16(2)9-7-14-13-5-6-13/h12-14H,3-11H2,1-2H3. The average molecular weight is 225 g/mol. The largest absolute Gasteiger partial charge is 0.313 e. The van der Waals surface area contributed by atoms with Gasteiger partial charge in [-0.15, -0.1) is 0 Å². The highest BCUT2D eigenvalue weighted by Crippen LogP contribution is 2.18. The molecule has 2 rings (SSSR count). The number of hydrogen-bond acceptors (Lipinski definition) is 3. The Labute approximate surface area is 100 Å². The molecule has 1 aliphatic heterocycles. The van der Waals surface area contributed by atoms with E-state index in [-0.39, 0.29) is 0 Å². The smallest absolute Gasteiger partial charge is 0.0104 e. The minimum atomic E-state index is 0.856. The third kappa shape index (κ3) is 4.40. The molecule has 94 valence electrons. The number of piperidine rings is 1. The Morgan fingerprint density at radius 2 is 2.12 bits per heavy atom. The molecule has 0 spiro atoms. The van der Waals surface area contributed by atoms with Crippen molar-refractivity contribution in [2.24, 2.45) is 5.92 Å². The average Bonchev–Trinajstić information content (AvgIpc) is 3.01. The molecule has 1 aliphatic carbocycles. The minimum absolute atomic E-state index is 0.856. The van der Waals surface area contributed by atoms with Gasteiger partial charge in [-0.1, -0.05) is 0 Å². The predicted octanol–water partition coefficient (Wildman–Crippen LogP) is 1.01. The number of nitrogens with zero attached hydrogens (tertiary/aromatic N) is 2. The van der Waals surface area contributed by atoms with Gasteiger partial charge >= 0.3 is 0 Å². The van der Waals surface area contributed by atoms with E-state index in [2.05, 4.69) is 29.2 Å². The fraction of sp³-hybridized carbons (Fsp3) is 1.00. The molecule has 0 aromatic carbocycles. The lowest BCUT2D eigenvalue weighted by Crippen LogP contribution is -2.40. The number of likely N-dealkylation sites (N-methyl/N-ethyl adjacent to an activating group) is 1. The Morgan fingerprint density at radius 3 is 2.81 bits per heavy atom. The van der Waals surface area contributed by atoms with Crippen LogP contribution >= 0.6 is 0 Å². The van der Waals surface area contributed by atoms with Crippen LogP contribution in [0, 0.1) is 5.92 Å². The summed E-state index contributed by atoms with van der Waals surface area (Å²) in [6.45, 7) is 6.24. The maximum absolute atomic E-state index is 3.58. The molecular formula is C13H27N3. The van der Waals surface area contributed by atoms with E-state index in [0.29, 0.717) is 0 Å². The highest BCUT2D eigenvalue weighted by Gasteiger charge is 2.21. The zero-order valence-electron chi connectivity index (χ0n) is 10.9. The first-order chi connectivity index (χ1) is 7.74. The van der Waals surface area contributed by atoms with Crippen molar-refractivity contribution in [2.75, 3.05) is 46.8 Å². The number of nitrogens with one attached hydrogen (secondary N) is 1. The van der Waals surface area contributed by atoms with Gasteiger partial charge in [0.1, 0.15) is 0 Å². The van der Waals surface area contributed by atoms with Crippen molar-refractivity contribution in [1.29, 1.82) is 0 Å². The zero-order chi connectivity index (χ0) is 11.4. The molecule has 1 atom stereocenters. The van der Waals surface area contributed by atoms with Gasteiger partial charge in [-0.3, -0.25) is 0 Å². The van der Waals surface area contributed by atoms with Crippen LogP contribution in [0.25, 0.3) is 0 Å². The van der Waals surface area contributed by atoms with Crippen LogP contribution in [0.1, 0.15) is 25.7 Å². The van der Waals surface area contributed by atoms with Gasteiger partial charge in [0.15, 0.2) is 0 Å². The van der Waals surface area contributed by atoms with Crippen molar-refractivity contribution in [1.82, 2.24) is 15.1 Å². The molecule has 1 unspecified atom stereocenters. The summed E-state index contributed by atoms with van der Waals surface area (Å²) in [4.78, 5) is 4.98. The normalized spacial score (nSPS) is 27.6. The monoisotopic (exact) mass is 225 g/mol. The van der Waals surface area contributed by atoms with Crippen LogP contribution < -0.4 is 5.32 Å². The quantitative estimate of drug-likeness (QED) is 0.728. The molecule has 0 amide bonds. The fourth-order valence-electron chi connectivity index (χ4n) is 2.70. The van der Waals surface area contributed by atoms with Gasteiger partial charge in [0.2, 0.25) is 0 Å². The van der Waals surface area contributed by atoms with Crippen LogP contribution in [0.2, 0.25) is 0 Å². The molecule has 1 saturated carbocycles. The topological polar surface area (TPSA) is 18.5 Å². The second-order valence-electron chi connectivity index (χ2n) is 5.76. The van der Waals surface area contributed by atoms with Crippen LogP contribution in [0.4, 0.5) is 0 Å². The summed E-state index contributed by atoms with van der Waals surface area (Å²) in [5, 5.41) is 3.58. The lowest BCUT2D eigenvalue weighted by molar-refractivity contribution is 0.167. The molecule has 1 N–H and O–H groups in total. The predicted molar refractivity (Wildman–Crippen MR) is 68.7 cm³/mol. The highest BCUT2D eigenvalue weighted by molar-refractivity contribution is 4.81. The van der Waals surface area contributed by atoms with Crippen LogP contribution in [0.3, 0.4) is 0 Å². The van der Waals surface area contributed by atoms with Gasteiger partial charge in [-0.2, -0.15) is 0 Å². The van der Waals surface area contributed by atoms with E-state index in [4.69, 9.17) is 0 Å². The summed E-state index contributed by atoms with van der Waals surface area (Å²) in [5.74, 6) is 0.893. The number of rotatable bonds is 6. The lowest BCUT2D eigenvalue weighted by Gasteiger charge is -2.32. The summed E-state index contributed by atoms with van der Waals surface area (Å²) >= 11 is 0. The summed E-state index contributed by atoms with van der Waals surface area (Å²) in [6.07, 6.45) is 5.61. The molecule has 3 heteroatoms. The van der Waals surface area contributed by atoms with Crippen LogP contribution in [0.5, 0.6) is 0 Å². The molecule has 0 bridgehead atoms. The third-order valence-electron chi connectivity index (χ3n) is 3.80. The molecular weight excluding hydrogens is 198 g/mol. The maximum Gasteiger partial charge on any atom is 0.0104 e. The fourth-order valence-corrected chi connectivity index (χ4v) is 2.70. The Bertz CT molecular complexity index is 203. The molecule has 0 aromatic heterocycles. The van der Waals surface area contributed by atoms with E-state index in [1.54, 1.807) is 0 Å². The van der Waals surface area contributed by atoms with Gasteiger partial charge in [0, 0.05) is 32.2 Å². The molecule has 2 aliphatic rings. The van der Waals surface area contributed by atoms with Crippen molar-refractivity contribution >= 4 is 0 Å². The van der Waals surface area contributed by atoms with Gasteiger partial charge in [-0.05, 0) is 52.2 Å². The zero-order valence-corrected chi connectivity index (χ0v) is 10.9. The first-order valence-corrected chi connectivity index (χ1v) is 6.84. The summed E-state index contributed by atoms with van der Waals surface area (Å²) in [5.41, 5.74) is 0. The molecule has 1 heterocycles. The third-order valence-corrected chi connectivity index (χ3v) is 3.80. The molecule has 1 saturated heterocycles. The van der Waals surface area contributed by atoms with Gasteiger partial charge < -0.3 is 15.1 Å². The summed E-state index contributed by atoms with van der Waals surface area (Å²) in [6, 6.07) is 0.856. The van der Waals surface area contributed by atoms with Crippen molar-refractivity contribution < 1.29 is 0 Å². The molecule has 16 heavy (non-hydrogen) atoms. The second kappa shape index (κ2) is 5.99. The Balaban J connectivity index is 1.55. The summed E-state index contributed by atoms with van der Waals surface area (Å²) < 4.78 is 0. The van der Waals surface area contributed by atoms with E-state index in [0.717, 1.165) is 12.0 Å². The van der Waals surface area contributed by atoms with Gasteiger partial charge in [0.05, 0.1) is 0 Å². The van der Waals surface area contributed by atoms with Crippen LogP contribution in [-0.2, 0) is 0 Å². The number of hydrogen-bond donors (Lipinski definition) is 1. The first-order valence-electron chi connectivity index (χ1n) is 6.84. The van der Waals surface area contributed by atoms with E-state index in [1.165, 1.54) is 58.4 Å². The highest BCUT2D eigenvalue weighted by atomic mass is 15.1. The van der Waals surface area contributed by atoms with Gasteiger partial charge in [0.25, 0.3) is 0 Å². The van der Waals surface area contributed by atoms with E-state index in [9.17, 15) is 0 Å². The first kappa shape index (κ1) is 12.3.